The number of aromatic carboxylic acids is 1. The van der Waals surface area contributed by atoms with Crippen molar-refractivity contribution in [1.82, 2.24) is 0 Å². The number of carbonyl (C=O) groups is 1. The van der Waals surface area contributed by atoms with Crippen molar-refractivity contribution >= 4 is 17.5 Å². The Hall–Kier alpha value is -3.80. The van der Waals surface area contributed by atoms with Crippen molar-refractivity contribution in [3.8, 4) is 16.9 Å². The zero-order valence-corrected chi connectivity index (χ0v) is 17.6. The molecule has 3 aromatic carbocycles. The van der Waals surface area contributed by atoms with E-state index in [1.54, 1.807) is 19.2 Å². The van der Waals surface area contributed by atoms with Gasteiger partial charge in [-0.15, -0.1) is 0 Å². The lowest BCUT2D eigenvalue weighted by Gasteiger charge is -2.33. The second-order valence-corrected chi connectivity index (χ2v) is 7.89. The Kier molecular flexibility index (Phi) is 5.38. The molecule has 0 saturated heterocycles. The summed E-state index contributed by atoms with van der Waals surface area (Å²) in [5, 5.41) is 12.7. The van der Waals surface area contributed by atoms with Gasteiger partial charge in [0, 0.05) is 11.3 Å². The molecule has 4 rings (SSSR count). The fourth-order valence-corrected chi connectivity index (χ4v) is 3.86. The van der Waals surface area contributed by atoms with Gasteiger partial charge >= 0.3 is 5.97 Å². The Labute approximate surface area is 181 Å². The number of amidine groups is 1. The molecule has 0 amide bonds. The third-order valence-electron chi connectivity index (χ3n) is 5.54. The summed E-state index contributed by atoms with van der Waals surface area (Å²) in [6.07, 6.45) is 1.48. The van der Waals surface area contributed by atoms with Gasteiger partial charge < -0.3 is 20.9 Å². The number of anilines is 1. The number of nitrogens with one attached hydrogen (secondary N) is 1. The van der Waals surface area contributed by atoms with Crippen LogP contribution in [0.5, 0.6) is 5.75 Å². The monoisotopic (exact) mass is 415 g/mol. The van der Waals surface area contributed by atoms with Crippen molar-refractivity contribution < 1.29 is 14.6 Å². The number of nitrogens with two attached hydrogens (primary N) is 1. The molecule has 3 aromatic rings. The van der Waals surface area contributed by atoms with Gasteiger partial charge in [-0.25, -0.2) is 9.79 Å². The minimum absolute atomic E-state index is 0.217. The number of carboxylic acid groups (broad SMARTS) is 1. The number of hydrogen-bond donors (Lipinski definition) is 3. The van der Waals surface area contributed by atoms with Gasteiger partial charge in [-0.3, -0.25) is 0 Å². The third-order valence-corrected chi connectivity index (χ3v) is 5.54. The molecule has 0 saturated carbocycles. The summed E-state index contributed by atoms with van der Waals surface area (Å²) < 4.78 is 5.34. The van der Waals surface area contributed by atoms with Gasteiger partial charge in [0.15, 0.2) is 0 Å². The maximum atomic E-state index is 11.3. The number of fused-ring (bicyclic) bond motifs is 1. The summed E-state index contributed by atoms with van der Waals surface area (Å²) in [5.41, 5.74) is 10.6. The quantitative estimate of drug-likeness (QED) is 0.549. The van der Waals surface area contributed by atoms with Gasteiger partial charge in [0.25, 0.3) is 0 Å². The van der Waals surface area contributed by atoms with Crippen LogP contribution >= 0.6 is 0 Å². The van der Waals surface area contributed by atoms with E-state index in [4.69, 9.17) is 10.5 Å². The molecule has 0 bridgehead atoms. The van der Waals surface area contributed by atoms with Crippen LogP contribution < -0.4 is 15.8 Å². The maximum absolute atomic E-state index is 11.3. The SMILES string of the molecule is COc1cccc(-c2cccc(CCC3(C)N=C(N)c4ccc(C(=O)O)cc4N3)c2)c1. The topological polar surface area (TPSA) is 96.9 Å². The summed E-state index contributed by atoms with van der Waals surface area (Å²) in [7, 11) is 1.66. The average Bonchev–Trinajstić information content (AvgIpc) is 2.77. The molecule has 0 spiro atoms. The van der Waals surface area contributed by atoms with Crippen molar-refractivity contribution in [3.63, 3.8) is 0 Å². The smallest absolute Gasteiger partial charge is 0.335 e. The Morgan fingerprint density at radius 1 is 1.10 bits per heavy atom. The van der Waals surface area contributed by atoms with Crippen LogP contribution in [-0.4, -0.2) is 29.7 Å². The number of ether oxygens (including phenoxy) is 1. The number of benzene rings is 3. The number of hydrogen-bond acceptors (Lipinski definition) is 5. The first-order chi connectivity index (χ1) is 14.9. The molecule has 0 fully saturated rings. The molecule has 31 heavy (non-hydrogen) atoms. The van der Waals surface area contributed by atoms with Gasteiger partial charge in [0.2, 0.25) is 0 Å². The van der Waals surface area contributed by atoms with E-state index in [1.807, 2.05) is 31.2 Å². The van der Waals surface area contributed by atoms with Crippen molar-refractivity contribution in [1.29, 1.82) is 0 Å². The Bertz CT molecular complexity index is 1170. The molecular weight excluding hydrogens is 390 g/mol. The van der Waals surface area contributed by atoms with Crippen LogP contribution in [0.15, 0.2) is 71.7 Å². The highest BCUT2D eigenvalue weighted by Crippen LogP contribution is 2.31. The Morgan fingerprint density at radius 2 is 1.84 bits per heavy atom. The minimum Gasteiger partial charge on any atom is -0.497 e. The molecule has 4 N–H and O–H groups in total. The lowest BCUT2D eigenvalue weighted by Crippen LogP contribution is -2.40. The van der Waals surface area contributed by atoms with E-state index in [0.717, 1.165) is 28.9 Å². The Balaban J connectivity index is 1.53. The molecule has 0 aliphatic carbocycles. The molecule has 0 radical (unpaired) electrons. The van der Waals surface area contributed by atoms with E-state index >= 15 is 0 Å². The summed E-state index contributed by atoms with van der Waals surface area (Å²) in [6.45, 7) is 1.97. The molecule has 1 atom stereocenters. The zero-order valence-electron chi connectivity index (χ0n) is 17.6. The van der Waals surface area contributed by atoms with Gasteiger partial charge in [0.05, 0.1) is 12.7 Å². The fourth-order valence-electron chi connectivity index (χ4n) is 3.86. The van der Waals surface area contributed by atoms with E-state index in [1.165, 1.54) is 11.6 Å². The Morgan fingerprint density at radius 3 is 2.58 bits per heavy atom. The highest BCUT2D eigenvalue weighted by molar-refractivity contribution is 6.05. The lowest BCUT2D eigenvalue weighted by atomic mass is 9.95. The van der Waals surface area contributed by atoms with Crippen LogP contribution in [0.25, 0.3) is 11.1 Å². The van der Waals surface area contributed by atoms with Gasteiger partial charge in [-0.05, 0) is 66.8 Å². The van der Waals surface area contributed by atoms with Gasteiger partial charge in [-0.1, -0.05) is 36.4 Å². The van der Waals surface area contributed by atoms with E-state index in [0.29, 0.717) is 17.9 Å². The maximum Gasteiger partial charge on any atom is 0.335 e. The average molecular weight is 415 g/mol. The van der Waals surface area contributed by atoms with E-state index in [-0.39, 0.29) is 5.56 Å². The van der Waals surface area contributed by atoms with Crippen molar-refractivity contribution in [3.05, 3.63) is 83.4 Å². The van der Waals surface area contributed by atoms with Crippen molar-refractivity contribution in [2.24, 2.45) is 10.7 Å². The van der Waals surface area contributed by atoms with Crippen molar-refractivity contribution in [2.45, 2.75) is 25.4 Å². The summed E-state index contributed by atoms with van der Waals surface area (Å²) >= 11 is 0. The van der Waals surface area contributed by atoms with Crippen LogP contribution in [0.3, 0.4) is 0 Å². The highest BCUT2D eigenvalue weighted by Gasteiger charge is 2.29. The van der Waals surface area contributed by atoms with E-state index in [2.05, 4.69) is 34.6 Å². The van der Waals surface area contributed by atoms with Crippen molar-refractivity contribution in [2.75, 3.05) is 12.4 Å². The lowest BCUT2D eigenvalue weighted by molar-refractivity contribution is 0.0697. The highest BCUT2D eigenvalue weighted by atomic mass is 16.5. The third kappa shape index (κ3) is 4.38. The molecular formula is C25H25N3O3. The second kappa shape index (κ2) is 8.14. The fraction of sp³-hybridized carbons (Fsp3) is 0.200. The zero-order chi connectivity index (χ0) is 22.0. The number of carboxylic acids is 1. The minimum atomic E-state index is -0.971. The summed E-state index contributed by atoms with van der Waals surface area (Å²) in [5.74, 6) is 0.270. The van der Waals surface area contributed by atoms with Crippen LogP contribution in [0.2, 0.25) is 0 Å². The predicted molar refractivity (Wildman–Crippen MR) is 123 cm³/mol. The normalized spacial score (nSPS) is 17.3. The molecule has 1 unspecified atom stereocenters. The number of methoxy groups -OCH3 is 1. The second-order valence-electron chi connectivity index (χ2n) is 7.89. The predicted octanol–water partition coefficient (Wildman–Crippen LogP) is 4.54. The van der Waals surface area contributed by atoms with E-state index in [9.17, 15) is 9.90 Å². The first kappa shape index (κ1) is 20.5. The molecule has 6 heteroatoms. The van der Waals surface area contributed by atoms with Gasteiger partial charge in [-0.2, -0.15) is 0 Å². The van der Waals surface area contributed by atoms with Crippen LogP contribution in [0.4, 0.5) is 5.69 Å². The molecule has 158 valence electrons. The first-order valence-electron chi connectivity index (χ1n) is 10.1. The first-order valence-corrected chi connectivity index (χ1v) is 10.1. The molecule has 0 aromatic heterocycles. The van der Waals surface area contributed by atoms with Crippen LogP contribution in [0.1, 0.15) is 34.8 Å². The largest absolute Gasteiger partial charge is 0.497 e. The van der Waals surface area contributed by atoms with E-state index < -0.39 is 11.6 Å². The van der Waals surface area contributed by atoms with Crippen LogP contribution in [0, 0.1) is 0 Å². The standard InChI is InChI=1S/C25H25N3O3/c1-25(27-22-15-19(24(29)30)9-10-21(22)23(26)28-25)12-11-16-5-3-6-17(13-16)18-7-4-8-20(14-18)31-2/h3-10,13-15,27H,11-12H2,1-2H3,(H2,26,28)(H,29,30). The summed E-state index contributed by atoms with van der Waals surface area (Å²) in [4.78, 5) is 16.0. The number of aryl methyl sites for hydroxylation is 1. The number of aliphatic imine (C=N–C) groups is 1. The van der Waals surface area contributed by atoms with Gasteiger partial charge in [0.1, 0.15) is 17.2 Å². The molecule has 1 aliphatic heterocycles. The molecule has 1 aliphatic rings. The summed E-state index contributed by atoms with van der Waals surface area (Å²) in [6, 6.07) is 21.2. The molecule has 1 heterocycles. The van der Waals surface area contributed by atoms with Crippen LogP contribution in [-0.2, 0) is 6.42 Å². The number of nitrogens with zero attached hydrogens (tertiary/aromatic N) is 1. The number of rotatable bonds is 6. The molecule has 6 nitrogen and oxygen atoms in total.